The molecule has 2 aromatic carbocycles. The van der Waals surface area contributed by atoms with Gasteiger partial charge < -0.3 is 14.4 Å². The molecule has 0 aromatic heterocycles. The van der Waals surface area contributed by atoms with E-state index in [0.717, 1.165) is 42.3 Å². The summed E-state index contributed by atoms with van der Waals surface area (Å²) < 4.78 is 11.5. The average Bonchev–Trinajstić information content (AvgIpc) is 3.12. The first-order valence-corrected chi connectivity index (χ1v) is 9.74. The first-order valence-electron chi connectivity index (χ1n) is 9.74. The van der Waals surface area contributed by atoms with Gasteiger partial charge in [-0.05, 0) is 53.8 Å². The van der Waals surface area contributed by atoms with Crippen LogP contribution in [0.4, 0.5) is 5.69 Å². The summed E-state index contributed by atoms with van der Waals surface area (Å²) in [5.41, 5.74) is 1.40. The zero-order valence-electron chi connectivity index (χ0n) is 16.2. The standard InChI is InChI=1S/C22H26N2O3/c1-4-14(2)13-27-21-11-15-8-18-19(9-16(15)10-20(21)26-3)23-12-17-6-5-7-24(17)22(18)25/h8-12,14,17H,4-7,13H2,1-3H3. The molecule has 4 rings (SSSR count). The molecule has 142 valence electrons. The molecule has 0 bridgehead atoms. The molecule has 0 radical (unpaired) electrons. The van der Waals surface area contributed by atoms with Crippen LogP contribution in [-0.4, -0.2) is 43.3 Å². The molecule has 5 nitrogen and oxygen atoms in total. The van der Waals surface area contributed by atoms with Crippen LogP contribution in [0.25, 0.3) is 10.8 Å². The third-order valence-electron chi connectivity index (χ3n) is 5.63. The van der Waals surface area contributed by atoms with Gasteiger partial charge >= 0.3 is 0 Å². The van der Waals surface area contributed by atoms with Crippen molar-refractivity contribution in [2.75, 3.05) is 20.3 Å². The first kappa shape index (κ1) is 17.8. The van der Waals surface area contributed by atoms with E-state index in [1.807, 2.05) is 35.4 Å². The van der Waals surface area contributed by atoms with Crippen LogP contribution in [0.1, 0.15) is 43.5 Å². The quantitative estimate of drug-likeness (QED) is 0.777. The molecule has 2 atom stereocenters. The van der Waals surface area contributed by atoms with E-state index in [9.17, 15) is 4.79 Å². The second-order valence-electron chi connectivity index (χ2n) is 7.53. The summed E-state index contributed by atoms with van der Waals surface area (Å²) in [7, 11) is 1.65. The fourth-order valence-electron chi connectivity index (χ4n) is 3.72. The van der Waals surface area contributed by atoms with Gasteiger partial charge in [0, 0.05) is 12.8 Å². The molecule has 2 aliphatic heterocycles. The number of aliphatic imine (C=N–C) groups is 1. The van der Waals surface area contributed by atoms with Gasteiger partial charge in [0.15, 0.2) is 11.5 Å². The van der Waals surface area contributed by atoms with E-state index < -0.39 is 0 Å². The Kier molecular flexibility index (Phi) is 4.77. The van der Waals surface area contributed by atoms with E-state index >= 15 is 0 Å². The van der Waals surface area contributed by atoms with E-state index in [1.165, 1.54) is 0 Å². The molecule has 1 fully saturated rings. The smallest absolute Gasteiger partial charge is 0.256 e. The van der Waals surface area contributed by atoms with Crippen LogP contribution in [-0.2, 0) is 0 Å². The number of hydrogen-bond donors (Lipinski definition) is 0. The molecule has 2 aliphatic rings. The predicted molar refractivity (Wildman–Crippen MR) is 108 cm³/mol. The molecule has 2 aromatic rings. The minimum Gasteiger partial charge on any atom is -0.493 e. The summed E-state index contributed by atoms with van der Waals surface area (Å²) in [4.78, 5) is 19.6. The van der Waals surface area contributed by atoms with Crippen LogP contribution >= 0.6 is 0 Å². The molecule has 2 heterocycles. The summed E-state index contributed by atoms with van der Waals surface area (Å²) in [5.74, 6) is 1.97. The molecular formula is C22H26N2O3. The number of carbonyl (C=O) groups is 1. The van der Waals surface area contributed by atoms with Crippen LogP contribution in [0.5, 0.6) is 11.5 Å². The van der Waals surface area contributed by atoms with Gasteiger partial charge in [0.2, 0.25) is 0 Å². The normalized spacial score (nSPS) is 19.6. The highest BCUT2D eigenvalue weighted by Crippen LogP contribution is 2.37. The number of rotatable bonds is 5. The number of benzene rings is 2. The fourth-order valence-corrected chi connectivity index (χ4v) is 3.72. The van der Waals surface area contributed by atoms with Gasteiger partial charge in [0.05, 0.1) is 31.0 Å². The number of nitrogens with zero attached hydrogens (tertiary/aromatic N) is 2. The van der Waals surface area contributed by atoms with Gasteiger partial charge in [-0.3, -0.25) is 9.79 Å². The van der Waals surface area contributed by atoms with Crippen LogP contribution in [0.3, 0.4) is 0 Å². The summed E-state index contributed by atoms with van der Waals surface area (Å²) in [6.07, 6.45) is 5.01. The van der Waals surface area contributed by atoms with E-state index in [1.54, 1.807) is 7.11 Å². The highest BCUT2D eigenvalue weighted by atomic mass is 16.5. The van der Waals surface area contributed by atoms with Crippen molar-refractivity contribution in [3.63, 3.8) is 0 Å². The summed E-state index contributed by atoms with van der Waals surface area (Å²) in [6.45, 7) is 5.76. The Labute approximate surface area is 160 Å². The van der Waals surface area contributed by atoms with Gasteiger partial charge in [-0.15, -0.1) is 0 Å². The first-order chi connectivity index (χ1) is 13.1. The molecule has 0 saturated carbocycles. The van der Waals surface area contributed by atoms with Gasteiger partial charge in [0.25, 0.3) is 5.91 Å². The number of ether oxygens (including phenoxy) is 2. The Morgan fingerprint density at radius 3 is 2.78 bits per heavy atom. The second-order valence-corrected chi connectivity index (χ2v) is 7.53. The lowest BCUT2D eigenvalue weighted by molar-refractivity contribution is 0.0775. The maximum absolute atomic E-state index is 13.0. The largest absolute Gasteiger partial charge is 0.493 e. The third kappa shape index (κ3) is 3.27. The number of fused-ring (bicyclic) bond motifs is 3. The molecule has 1 saturated heterocycles. The third-order valence-corrected chi connectivity index (χ3v) is 5.63. The molecule has 5 heteroatoms. The van der Waals surface area contributed by atoms with Gasteiger partial charge in [0.1, 0.15) is 0 Å². The highest BCUT2D eigenvalue weighted by Gasteiger charge is 2.31. The number of amides is 1. The molecule has 0 aliphatic carbocycles. The van der Waals surface area contributed by atoms with Crippen molar-refractivity contribution in [1.29, 1.82) is 0 Å². The Morgan fingerprint density at radius 2 is 2.00 bits per heavy atom. The van der Waals surface area contributed by atoms with E-state index in [0.29, 0.717) is 29.6 Å². The molecular weight excluding hydrogens is 340 g/mol. The number of methoxy groups -OCH3 is 1. The van der Waals surface area contributed by atoms with Crippen LogP contribution in [0.2, 0.25) is 0 Å². The maximum Gasteiger partial charge on any atom is 0.256 e. The SMILES string of the molecule is CCC(C)COc1cc2cc3c(cc2cc1OC)N=CC1CCCN1C3=O. The fraction of sp³-hybridized carbons (Fsp3) is 0.455. The lowest BCUT2D eigenvalue weighted by atomic mass is 10.0. The van der Waals surface area contributed by atoms with Crippen molar-refractivity contribution in [2.24, 2.45) is 10.9 Å². The Morgan fingerprint density at radius 1 is 1.22 bits per heavy atom. The zero-order valence-corrected chi connectivity index (χ0v) is 16.2. The lowest BCUT2D eigenvalue weighted by Crippen LogP contribution is -2.35. The van der Waals surface area contributed by atoms with E-state index in [4.69, 9.17) is 9.47 Å². The van der Waals surface area contributed by atoms with Crippen molar-refractivity contribution in [3.8, 4) is 11.5 Å². The zero-order chi connectivity index (χ0) is 19.0. The van der Waals surface area contributed by atoms with Crippen molar-refractivity contribution < 1.29 is 14.3 Å². The van der Waals surface area contributed by atoms with Gasteiger partial charge in [-0.1, -0.05) is 20.3 Å². The molecule has 1 amide bonds. The Bertz CT molecular complexity index is 906. The maximum atomic E-state index is 13.0. The van der Waals surface area contributed by atoms with E-state index in [-0.39, 0.29) is 11.9 Å². The van der Waals surface area contributed by atoms with Crippen LogP contribution in [0.15, 0.2) is 29.3 Å². The Hall–Kier alpha value is -2.56. The minimum absolute atomic E-state index is 0.0739. The summed E-state index contributed by atoms with van der Waals surface area (Å²) in [6, 6.07) is 7.98. The Balaban J connectivity index is 1.76. The molecule has 2 unspecified atom stereocenters. The van der Waals surface area contributed by atoms with Crippen molar-refractivity contribution in [1.82, 2.24) is 4.90 Å². The second kappa shape index (κ2) is 7.22. The summed E-state index contributed by atoms with van der Waals surface area (Å²) >= 11 is 0. The topological polar surface area (TPSA) is 51.1 Å². The van der Waals surface area contributed by atoms with Crippen molar-refractivity contribution in [3.05, 3.63) is 29.8 Å². The molecule has 0 spiro atoms. The van der Waals surface area contributed by atoms with E-state index in [2.05, 4.69) is 18.8 Å². The predicted octanol–water partition coefficient (Wildman–Crippen LogP) is 4.59. The minimum atomic E-state index is 0.0739. The van der Waals surface area contributed by atoms with Gasteiger partial charge in [-0.25, -0.2) is 0 Å². The number of carbonyl (C=O) groups excluding carboxylic acids is 1. The summed E-state index contributed by atoms with van der Waals surface area (Å²) in [5, 5.41) is 1.96. The highest BCUT2D eigenvalue weighted by molar-refractivity contribution is 6.07. The lowest BCUT2D eigenvalue weighted by Gasteiger charge is -2.20. The van der Waals surface area contributed by atoms with Crippen molar-refractivity contribution in [2.45, 2.75) is 39.2 Å². The molecule has 0 N–H and O–H groups in total. The monoisotopic (exact) mass is 366 g/mol. The van der Waals surface area contributed by atoms with Gasteiger partial charge in [-0.2, -0.15) is 0 Å². The molecule has 27 heavy (non-hydrogen) atoms. The van der Waals surface area contributed by atoms with Crippen LogP contribution < -0.4 is 9.47 Å². The van der Waals surface area contributed by atoms with Crippen LogP contribution in [0, 0.1) is 5.92 Å². The average molecular weight is 366 g/mol. The number of hydrogen-bond acceptors (Lipinski definition) is 4. The van der Waals surface area contributed by atoms with Crippen molar-refractivity contribution >= 4 is 28.6 Å².